The molecule has 0 atom stereocenters. The summed E-state index contributed by atoms with van der Waals surface area (Å²) in [6.07, 6.45) is 7.24. The van der Waals surface area contributed by atoms with Crippen LogP contribution in [0.3, 0.4) is 0 Å². The Balaban J connectivity index is -0.00000158. The van der Waals surface area contributed by atoms with Gasteiger partial charge in [-0.25, -0.2) is 0 Å². The number of carbonyl (C=O) groups is 1. The number of nitrogens with zero attached hydrogens (tertiary/aromatic N) is 6. The van der Waals surface area contributed by atoms with Crippen molar-refractivity contribution in [3.63, 3.8) is 0 Å². The van der Waals surface area contributed by atoms with E-state index in [0.717, 1.165) is 46.4 Å². The first-order chi connectivity index (χ1) is 27.6. The van der Waals surface area contributed by atoms with E-state index >= 15 is 0 Å². The predicted octanol–water partition coefficient (Wildman–Crippen LogP) is 4.19. The van der Waals surface area contributed by atoms with Gasteiger partial charge >= 0.3 is 48.1 Å². The van der Waals surface area contributed by atoms with Crippen molar-refractivity contribution in [2.75, 3.05) is 0 Å². The summed E-state index contributed by atoms with van der Waals surface area (Å²) in [4.78, 5) is 31.6. The van der Waals surface area contributed by atoms with Gasteiger partial charge in [0.05, 0.1) is 22.8 Å². The molecule has 24 heteroatoms. The van der Waals surface area contributed by atoms with Crippen LogP contribution in [0.2, 0.25) is 0 Å². The number of rotatable bonds is 12. The topological polar surface area (TPSA) is 199 Å². The molecule has 0 saturated heterocycles. The number of carboxylic acids is 1. The molecule has 4 aromatic heterocycles. The Morgan fingerprint density at radius 1 is 0.565 bits per heavy atom. The largest absolute Gasteiger partial charge is 3.00 e. The van der Waals surface area contributed by atoms with Gasteiger partial charge in [-0.2, -0.15) is 0 Å². The van der Waals surface area contributed by atoms with E-state index in [9.17, 15) is 39.6 Å². The third-order valence-corrected chi connectivity index (χ3v) is 7.34. The zero-order chi connectivity index (χ0) is 44.6. The summed E-state index contributed by atoms with van der Waals surface area (Å²) < 4.78 is 78.0. The van der Waals surface area contributed by atoms with Crippen LogP contribution in [0, 0.1) is 0 Å². The van der Waals surface area contributed by atoms with Crippen molar-refractivity contribution in [1.29, 1.82) is 0 Å². The summed E-state index contributed by atoms with van der Waals surface area (Å²) in [6, 6.07) is 27.9. The normalized spacial score (nSPS) is 10.6. The van der Waals surface area contributed by atoms with Gasteiger partial charge in [0.15, 0.2) is 0 Å². The smallest absolute Gasteiger partial charge is 1.00 e. The number of halogens is 8. The van der Waals surface area contributed by atoms with Gasteiger partial charge in [-0.1, -0.05) is 62.9 Å². The number of carboxylic acid groups (broad SMARTS) is 1. The molecule has 62 heavy (non-hydrogen) atoms. The summed E-state index contributed by atoms with van der Waals surface area (Å²) >= 11 is 0. The minimum Gasteiger partial charge on any atom is -1.00 e. The third-order valence-electron chi connectivity index (χ3n) is 7.34. The fourth-order valence-corrected chi connectivity index (χ4v) is 5.12. The summed E-state index contributed by atoms with van der Waals surface area (Å²) in [6.45, 7) is 11.0. The SMILES string of the molecule is CC(=O)[O-].CC(C)(C)c1cc(CN(Cc2ccccn2)Cc2ccccn2)c([O-])c(CN(Cc2ccccn2)Cc2ccccn2)c1.F[B-](F)(F)F.F[B-](F)(F)F.O.[Co+3].[Co+3].[O-][O-]. The number of carbonyl (C=O) groups excluding carboxylic acids is 1. The maximum atomic E-state index is 14.2. The van der Waals surface area contributed by atoms with Crippen molar-refractivity contribution in [3.8, 4) is 5.75 Å². The second kappa shape index (κ2) is 31.3. The molecule has 342 valence electrons. The molecular weight excluding hydrogens is 928 g/mol. The molecular formula is C38H44B2Co2F8N6O6. The molecule has 5 rings (SSSR count). The van der Waals surface area contributed by atoms with Crippen LogP contribution in [-0.2, 0) is 83.0 Å². The van der Waals surface area contributed by atoms with E-state index in [2.05, 4.69) is 62.6 Å². The molecule has 12 nitrogen and oxygen atoms in total. The molecule has 0 fully saturated rings. The van der Waals surface area contributed by atoms with Crippen LogP contribution in [-0.4, -0.2) is 55.7 Å². The van der Waals surface area contributed by atoms with E-state index in [4.69, 9.17) is 20.4 Å². The van der Waals surface area contributed by atoms with Crippen molar-refractivity contribution >= 4 is 20.5 Å². The fourth-order valence-electron chi connectivity index (χ4n) is 5.12. The summed E-state index contributed by atoms with van der Waals surface area (Å²) in [5.74, 6) is -1.01. The Morgan fingerprint density at radius 2 is 0.790 bits per heavy atom. The van der Waals surface area contributed by atoms with Gasteiger partial charge in [0, 0.05) is 70.0 Å². The van der Waals surface area contributed by atoms with E-state index in [0.29, 0.717) is 39.3 Å². The Bertz CT molecular complexity index is 1700. The second-order valence-electron chi connectivity index (χ2n) is 13.4. The maximum absolute atomic E-state index is 14.2. The average molecular weight is 972 g/mol. The van der Waals surface area contributed by atoms with Crippen molar-refractivity contribution in [3.05, 3.63) is 149 Å². The molecule has 4 heterocycles. The van der Waals surface area contributed by atoms with Crippen LogP contribution in [0.25, 0.3) is 0 Å². The van der Waals surface area contributed by atoms with Gasteiger partial charge in [0.25, 0.3) is 0 Å². The van der Waals surface area contributed by atoms with Crippen LogP contribution in [0.15, 0.2) is 110 Å². The molecule has 0 spiro atoms. The van der Waals surface area contributed by atoms with Crippen LogP contribution < -0.4 is 20.7 Å². The van der Waals surface area contributed by atoms with E-state index < -0.39 is 20.5 Å². The first-order valence-electron chi connectivity index (χ1n) is 17.5. The van der Waals surface area contributed by atoms with Gasteiger partial charge in [-0.15, -0.1) is 0 Å². The minimum absolute atomic E-state index is 0. The number of hydrogen-bond acceptors (Lipinski definition) is 11. The number of aromatic nitrogens is 4. The molecule has 2 N–H and O–H groups in total. The number of aliphatic carboxylic acids is 1. The van der Waals surface area contributed by atoms with Gasteiger partial charge < -0.3 is 65.5 Å². The Labute approximate surface area is 375 Å². The van der Waals surface area contributed by atoms with E-state index in [-0.39, 0.29) is 50.2 Å². The first-order valence-corrected chi connectivity index (χ1v) is 17.5. The molecule has 0 aliphatic rings. The second-order valence-corrected chi connectivity index (χ2v) is 13.4. The van der Waals surface area contributed by atoms with Gasteiger partial charge in [0.1, 0.15) is 0 Å². The predicted molar refractivity (Wildman–Crippen MR) is 202 cm³/mol. The number of pyridine rings is 4. The van der Waals surface area contributed by atoms with Crippen molar-refractivity contribution < 1.29 is 99.1 Å². The molecule has 0 amide bonds. The minimum atomic E-state index is -6.00. The van der Waals surface area contributed by atoms with Gasteiger partial charge in [-0.05, 0) is 77.6 Å². The molecule has 0 radical (unpaired) electrons. The maximum Gasteiger partial charge on any atom is 3.00 e. The zero-order valence-corrected chi connectivity index (χ0v) is 35.8. The number of benzene rings is 1. The first kappa shape index (κ1) is 61.8. The molecule has 0 aliphatic heterocycles. The summed E-state index contributed by atoms with van der Waals surface area (Å²) in [5, 5.41) is 37.1. The average Bonchev–Trinajstić information content (AvgIpc) is 3.14. The quantitative estimate of drug-likeness (QED) is 0.0752. The molecule has 5 aromatic rings. The van der Waals surface area contributed by atoms with Crippen molar-refractivity contribution in [1.82, 2.24) is 29.7 Å². The van der Waals surface area contributed by atoms with Crippen LogP contribution in [0.1, 0.15) is 67.2 Å². The Morgan fingerprint density at radius 3 is 0.968 bits per heavy atom. The number of hydrogen-bond donors (Lipinski definition) is 0. The monoisotopic (exact) mass is 972 g/mol. The van der Waals surface area contributed by atoms with Gasteiger partial charge in [0.2, 0.25) is 0 Å². The van der Waals surface area contributed by atoms with Crippen LogP contribution >= 0.6 is 0 Å². The van der Waals surface area contributed by atoms with Crippen LogP contribution in [0.4, 0.5) is 34.5 Å². The molecule has 0 unspecified atom stereocenters. The van der Waals surface area contributed by atoms with E-state index in [1.165, 1.54) is 0 Å². The Kier molecular flexibility index (Phi) is 31.2. The Hall–Kier alpha value is -4.53. The van der Waals surface area contributed by atoms with E-state index in [1.54, 1.807) is 0 Å². The summed E-state index contributed by atoms with van der Waals surface area (Å²) in [7, 11) is -12.0. The molecule has 0 bridgehead atoms. The van der Waals surface area contributed by atoms with E-state index in [1.807, 2.05) is 97.6 Å². The van der Waals surface area contributed by atoms with Crippen LogP contribution in [0.5, 0.6) is 5.75 Å². The fraction of sp³-hybridized carbons (Fsp3) is 0.289. The molecule has 1 aromatic carbocycles. The molecule has 0 aliphatic carbocycles. The zero-order valence-electron chi connectivity index (χ0n) is 33.7. The third kappa shape index (κ3) is 30.5. The van der Waals surface area contributed by atoms with Gasteiger partial charge in [-0.3, -0.25) is 29.7 Å². The molecule has 0 saturated carbocycles. The standard InChI is InChI=1S/C36H40N6O.C2H4O2.2BF4.2Co.O2.H2O/c1-36(2,3)30-20-28(22-41(24-31-12-4-8-16-37-31)25-32-13-5-9-17-38-32)35(43)29(21-30)23-42(26-33-14-6-10-18-39-33)27-34-15-7-11-19-40-34;1-2(3)4;2*2-1(3,4)5;;;1-2;/h4-21,43H,22-27H2,1-3H3;1H3,(H,3,4);;;;;;1H2/q;;2*-1;2*+3;-2;/p-2. The van der Waals surface area contributed by atoms with Crippen molar-refractivity contribution in [2.24, 2.45) is 0 Å². The van der Waals surface area contributed by atoms with Crippen molar-refractivity contribution in [2.45, 2.75) is 72.4 Å². The summed E-state index contributed by atoms with van der Waals surface area (Å²) in [5.41, 5.74) is 6.39.